The van der Waals surface area contributed by atoms with Gasteiger partial charge in [-0.1, -0.05) is 11.6 Å². The Kier molecular flexibility index (Phi) is 7.08. The number of hydrogen-bond acceptors (Lipinski definition) is 7. The number of imidazole rings is 1. The first-order valence-electron chi connectivity index (χ1n) is 12.7. The Morgan fingerprint density at radius 2 is 2.00 bits per heavy atom. The summed E-state index contributed by atoms with van der Waals surface area (Å²) < 4.78 is 22.8. The van der Waals surface area contributed by atoms with Crippen LogP contribution in [-0.2, 0) is 9.53 Å². The lowest BCUT2D eigenvalue weighted by atomic mass is 10.1. The number of halogens is 2. The number of nitrogens with zero attached hydrogens (tertiary/aromatic N) is 5. The van der Waals surface area contributed by atoms with Crippen LogP contribution >= 0.6 is 11.6 Å². The van der Waals surface area contributed by atoms with Crippen molar-refractivity contribution in [2.75, 3.05) is 25.1 Å². The van der Waals surface area contributed by atoms with Gasteiger partial charge < -0.3 is 24.6 Å². The Morgan fingerprint density at radius 1 is 1.22 bits per heavy atom. The molecule has 2 saturated heterocycles. The molecule has 37 heavy (non-hydrogen) atoms. The van der Waals surface area contributed by atoms with Crippen LogP contribution in [0, 0.1) is 5.82 Å². The molecule has 0 saturated carbocycles. The van der Waals surface area contributed by atoms with Gasteiger partial charge in [0.2, 0.25) is 11.9 Å². The van der Waals surface area contributed by atoms with Gasteiger partial charge in [0.15, 0.2) is 5.82 Å². The number of rotatable bonds is 6. The maximum absolute atomic E-state index is 15.5. The highest BCUT2D eigenvalue weighted by molar-refractivity contribution is 6.33. The van der Waals surface area contributed by atoms with E-state index in [0.717, 1.165) is 0 Å². The van der Waals surface area contributed by atoms with Gasteiger partial charge in [-0.2, -0.15) is 0 Å². The number of fused-ring (bicyclic) bond motifs is 1. The van der Waals surface area contributed by atoms with E-state index in [1.807, 2.05) is 43.2 Å². The third-order valence-corrected chi connectivity index (χ3v) is 7.37. The first-order valence-corrected chi connectivity index (χ1v) is 13.1. The quantitative estimate of drug-likeness (QED) is 0.493. The number of aliphatic hydroxyl groups excluding tert-OH is 1. The highest BCUT2D eigenvalue weighted by atomic mass is 35.5. The Labute approximate surface area is 220 Å². The Bertz CT molecular complexity index is 1330. The molecule has 1 unspecified atom stereocenters. The number of benzene rings is 1. The maximum Gasteiger partial charge on any atom is 0.223 e. The van der Waals surface area contributed by atoms with Crippen LogP contribution in [-0.4, -0.2) is 73.4 Å². The van der Waals surface area contributed by atoms with Gasteiger partial charge in [-0.15, -0.1) is 0 Å². The number of aliphatic hydroxyl groups is 1. The van der Waals surface area contributed by atoms with Gasteiger partial charge in [-0.3, -0.25) is 4.79 Å². The lowest BCUT2D eigenvalue weighted by molar-refractivity contribution is -0.129. The zero-order chi connectivity index (χ0) is 26.4. The summed E-state index contributed by atoms with van der Waals surface area (Å²) in [4.78, 5) is 28.0. The molecule has 5 rings (SSSR count). The van der Waals surface area contributed by atoms with Gasteiger partial charge in [0.25, 0.3) is 0 Å². The van der Waals surface area contributed by atoms with Crippen molar-refractivity contribution in [2.24, 2.45) is 0 Å². The van der Waals surface area contributed by atoms with E-state index in [1.165, 1.54) is 12.3 Å². The molecule has 1 aromatic carbocycles. The normalized spacial score (nSPS) is 22.6. The van der Waals surface area contributed by atoms with Gasteiger partial charge in [0.1, 0.15) is 11.3 Å². The lowest BCUT2D eigenvalue weighted by Gasteiger charge is -2.28. The van der Waals surface area contributed by atoms with E-state index in [2.05, 4.69) is 15.3 Å². The number of anilines is 1. The standard InChI is InChI=1S/C26H32ClFN6O3/c1-13(2)33-11-16(9-22(33)36)25-31-24-18(28)7-15(8-20(24)34(25)14(3)4)23-17(27)10-29-26(32-23)30-19-5-6-37-12-21(19)35/h7-8,10,13-14,16,19,21,35H,5-6,9,11-12H2,1-4H3,(H,29,30,32)/t16-,19+,21?/m0/s1. The second-order valence-electron chi connectivity index (χ2n) is 10.4. The molecule has 2 fully saturated rings. The Hall–Kier alpha value is -2.82. The molecule has 2 aromatic heterocycles. The van der Waals surface area contributed by atoms with E-state index in [-0.39, 0.29) is 47.1 Å². The van der Waals surface area contributed by atoms with Crippen LogP contribution < -0.4 is 5.32 Å². The number of nitrogens with one attached hydrogen (secondary N) is 1. The van der Waals surface area contributed by atoms with Gasteiger partial charge in [-0.05, 0) is 46.2 Å². The second kappa shape index (κ2) is 10.2. The fourth-order valence-electron chi connectivity index (χ4n) is 5.24. The summed E-state index contributed by atoms with van der Waals surface area (Å²) >= 11 is 6.47. The van der Waals surface area contributed by atoms with Crippen LogP contribution in [0.15, 0.2) is 18.3 Å². The highest BCUT2D eigenvalue weighted by Gasteiger charge is 2.36. The predicted octanol–water partition coefficient (Wildman–Crippen LogP) is 4.15. The molecule has 198 valence electrons. The third kappa shape index (κ3) is 4.89. The smallest absolute Gasteiger partial charge is 0.223 e. The van der Waals surface area contributed by atoms with E-state index >= 15 is 4.39 Å². The van der Waals surface area contributed by atoms with Crippen molar-refractivity contribution in [3.05, 3.63) is 35.0 Å². The zero-order valence-electron chi connectivity index (χ0n) is 21.4. The number of aromatic nitrogens is 4. The number of carbonyl (C=O) groups excluding carboxylic acids is 1. The molecule has 3 aromatic rings. The summed E-state index contributed by atoms with van der Waals surface area (Å²) in [6.07, 6.45) is 1.75. The molecule has 0 aliphatic carbocycles. The average Bonchev–Trinajstić information content (AvgIpc) is 3.43. The zero-order valence-corrected chi connectivity index (χ0v) is 22.2. The molecule has 0 bridgehead atoms. The average molecular weight is 531 g/mol. The molecule has 0 spiro atoms. The predicted molar refractivity (Wildman–Crippen MR) is 139 cm³/mol. The second-order valence-corrected chi connectivity index (χ2v) is 10.8. The van der Waals surface area contributed by atoms with Crippen LogP contribution in [0.1, 0.15) is 58.3 Å². The van der Waals surface area contributed by atoms with Crippen LogP contribution in [0.4, 0.5) is 10.3 Å². The fraction of sp³-hybridized carbons (Fsp3) is 0.538. The Balaban J connectivity index is 1.55. The maximum atomic E-state index is 15.5. The van der Waals surface area contributed by atoms with Gasteiger partial charge >= 0.3 is 0 Å². The van der Waals surface area contributed by atoms with E-state index in [4.69, 9.17) is 21.3 Å². The van der Waals surface area contributed by atoms with E-state index < -0.39 is 11.9 Å². The minimum absolute atomic E-state index is 0.00837. The van der Waals surface area contributed by atoms with Crippen molar-refractivity contribution in [3.8, 4) is 11.3 Å². The molecule has 2 N–H and O–H groups in total. The van der Waals surface area contributed by atoms with E-state index in [9.17, 15) is 9.90 Å². The van der Waals surface area contributed by atoms with Crippen LogP contribution in [0.5, 0.6) is 0 Å². The first kappa shape index (κ1) is 25.8. The molecular weight excluding hydrogens is 499 g/mol. The molecule has 0 radical (unpaired) electrons. The molecule has 9 nitrogen and oxygen atoms in total. The largest absolute Gasteiger partial charge is 0.389 e. The topological polar surface area (TPSA) is 105 Å². The molecule has 3 atom stereocenters. The number of carbonyl (C=O) groups is 1. The number of ether oxygens (including phenoxy) is 1. The summed E-state index contributed by atoms with van der Waals surface area (Å²) in [5.41, 5.74) is 1.76. The van der Waals surface area contributed by atoms with E-state index in [0.29, 0.717) is 54.5 Å². The summed E-state index contributed by atoms with van der Waals surface area (Å²) in [7, 11) is 0. The summed E-state index contributed by atoms with van der Waals surface area (Å²) in [6, 6.07) is 3.05. The number of likely N-dealkylation sites (tertiary alicyclic amines) is 1. The molecule has 2 aliphatic heterocycles. The van der Waals surface area contributed by atoms with Crippen LogP contribution in [0.3, 0.4) is 0 Å². The minimum Gasteiger partial charge on any atom is -0.389 e. The van der Waals surface area contributed by atoms with Crippen molar-refractivity contribution in [1.82, 2.24) is 24.4 Å². The van der Waals surface area contributed by atoms with Gasteiger partial charge in [0, 0.05) is 43.1 Å². The van der Waals surface area contributed by atoms with E-state index in [1.54, 1.807) is 0 Å². The van der Waals surface area contributed by atoms with Crippen molar-refractivity contribution in [1.29, 1.82) is 0 Å². The van der Waals surface area contributed by atoms with Crippen molar-refractivity contribution in [3.63, 3.8) is 0 Å². The first-order chi connectivity index (χ1) is 17.6. The van der Waals surface area contributed by atoms with Crippen molar-refractivity contribution < 1.29 is 19.0 Å². The van der Waals surface area contributed by atoms with Gasteiger partial charge in [0.05, 0.1) is 41.2 Å². The summed E-state index contributed by atoms with van der Waals surface area (Å²) in [5.74, 6) is 0.495. The summed E-state index contributed by atoms with van der Waals surface area (Å²) in [5, 5.41) is 13.6. The monoisotopic (exact) mass is 530 g/mol. The third-order valence-electron chi connectivity index (χ3n) is 7.10. The van der Waals surface area contributed by atoms with Gasteiger partial charge in [-0.25, -0.2) is 19.3 Å². The molecule has 4 heterocycles. The SMILES string of the molecule is CC(C)N1C[C@@H](c2nc3c(F)cc(-c4nc(N[C@@H]5CCOCC5O)ncc4Cl)cc3n2C(C)C)CC1=O. The van der Waals surface area contributed by atoms with Crippen LogP contribution in [0.25, 0.3) is 22.3 Å². The minimum atomic E-state index is -0.682. The lowest BCUT2D eigenvalue weighted by Crippen LogP contribution is -2.42. The summed E-state index contributed by atoms with van der Waals surface area (Å²) in [6.45, 7) is 9.36. The van der Waals surface area contributed by atoms with Crippen molar-refractivity contribution >= 4 is 34.5 Å². The molecule has 11 heteroatoms. The fourth-order valence-corrected chi connectivity index (χ4v) is 5.44. The Morgan fingerprint density at radius 3 is 2.68 bits per heavy atom. The van der Waals surface area contributed by atoms with Crippen LogP contribution in [0.2, 0.25) is 5.02 Å². The van der Waals surface area contributed by atoms with Crippen molar-refractivity contribution in [2.45, 2.75) is 70.7 Å². The number of hydrogen-bond donors (Lipinski definition) is 2. The number of amides is 1. The molecule has 1 amide bonds. The highest BCUT2D eigenvalue weighted by Crippen LogP contribution is 2.36. The molecular formula is C26H32ClFN6O3. The molecule has 2 aliphatic rings.